The highest BCUT2D eigenvalue weighted by atomic mass is 16.5. The Hall–Kier alpha value is -1.51. The Morgan fingerprint density at radius 2 is 2.40 bits per heavy atom. The molecule has 0 saturated carbocycles. The Bertz CT molecular complexity index is 324. The van der Waals surface area contributed by atoms with Crippen molar-refractivity contribution in [3.8, 4) is 0 Å². The molecule has 1 aliphatic heterocycles. The molecule has 0 aromatic rings. The van der Waals surface area contributed by atoms with Crippen molar-refractivity contribution < 1.29 is 14.3 Å². The van der Waals surface area contributed by atoms with Crippen molar-refractivity contribution in [2.75, 3.05) is 13.2 Å². The van der Waals surface area contributed by atoms with E-state index in [1.807, 2.05) is 13.0 Å². The summed E-state index contributed by atoms with van der Waals surface area (Å²) in [6.07, 6.45) is 4.27. The molecular formula is C12H16O3. The van der Waals surface area contributed by atoms with Gasteiger partial charge in [0.25, 0.3) is 0 Å². The van der Waals surface area contributed by atoms with Gasteiger partial charge in [0.2, 0.25) is 0 Å². The summed E-state index contributed by atoms with van der Waals surface area (Å²) in [4.78, 5) is 11.6. The predicted molar refractivity (Wildman–Crippen MR) is 58.2 cm³/mol. The molecule has 1 aliphatic rings. The third-order valence-electron chi connectivity index (χ3n) is 2.12. The van der Waals surface area contributed by atoms with Crippen LogP contribution in [-0.4, -0.2) is 19.2 Å². The number of esters is 1. The zero-order valence-corrected chi connectivity index (χ0v) is 9.21. The molecule has 0 bridgehead atoms. The first-order valence-corrected chi connectivity index (χ1v) is 5.05. The fourth-order valence-corrected chi connectivity index (χ4v) is 1.46. The van der Waals surface area contributed by atoms with Gasteiger partial charge in [-0.15, -0.1) is 0 Å². The maximum atomic E-state index is 11.6. The Morgan fingerprint density at radius 3 is 2.87 bits per heavy atom. The molecule has 1 saturated heterocycles. The molecule has 15 heavy (non-hydrogen) atoms. The summed E-state index contributed by atoms with van der Waals surface area (Å²) in [6, 6.07) is 0. The molecule has 0 spiro atoms. The average molecular weight is 208 g/mol. The largest absolute Gasteiger partial charge is 0.494 e. The summed E-state index contributed by atoms with van der Waals surface area (Å²) >= 11 is 0. The zero-order chi connectivity index (χ0) is 11.3. The number of ether oxygens (including phenoxy) is 2. The molecule has 0 atom stereocenters. The van der Waals surface area contributed by atoms with Crippen LogP contribution < -0.4 is 0 Å². The van der Waals surface area contributed by atoms with Crippen LogP contribution in [0.15, 0.2) is 35.6 Å². The molecular weight excluding hydrogens is 192 g/mol. The smallest absolute Gasteiger partial charge is 0.338 e. The Balaban J connectivity index is 3.00. The number of rotatable bonds is 3. The highest BCUT2D eigenvalue weighted by Crippen LogP contribution is 2.26. The molecule has 3 heteroatoms. The fourth-order valence-electron chi connectivity index (χ4n) is 1.46. The first-order valence-electron chi connectivity index (χ1n) is 5.05. The number of hydrogen-bond donors (Lipinski definition) is 0. The molecule has 0 amide bonds. The third-order valence-corrected chi connectivity index (χ3v) is 2.12. The van der Waals surface area contributed by atoms with Gasteiger partial charge in [-0.3, -0.25) is 0 Å². The summed E-state index contributed by atoms with van der Waals surface area (Å²) in [6.45, 7) is 8.37. The van der Waals surface area contributed by atoms with Gasteiger partial charge in [0.1, 0.15) is 5.76 Å². The van der Waals surface area contributed by atoms with Crippen molar-refractivity contribution in [2.45, 2.75) is 20.3 Å². The quantitative estimate of drug-likeness (QED) is 0.527. The van der Waals surface area contributed by atoms with Gasteiger partial charge in [-0.25, -0.2) is 4.79 Å². The molecule has 0 N–H and O–H groups in total. The highest BCUT2D eigenvalue weighted by molar-refractivity contribution is 5.93. The van der Waals surface area contributed by atoms with E-state index in [1.165, 1.54) is 0 Å². The van der Waals surface area contributed by atoms with E-state index in [9.17, 15) is 4.79 Å². The van der Waals surface area contributed by atoms with Gasteiger partial charge < -0.3 is 9.47 Å². The molecule has 1 heterocycles. The van der Waals surface area contributed by atoms with Crippen LogP contribution in [-0.2, 0) is 14.3 Å². The van der Waals surface area contributed by atoms with Gasteiger partial charge >= 0.3 is 5.97 Å². The maximum Gasteiger partial charge on any atom is 0.338 e. The van der Waals surface area contributed by atoms with Crippen LogP contribution >= 0.6 is 0 Å². The Labute approximate surface area is 90.1 Å². The van der Waals surface area contributed by atoms with E-state index < -0.39 is 0 Å². The van der Waals surface area contributed by atoms with Crippen LogP contribution in [0.4, 0.5) is 0 Å². The van der Waals surface area contributed by atoms with Gasteiger partial charge in [-0.05, 0) is 13.8 Å². The van der Waals surface area contributed by atoms with Crippen LogP contribution in [0.25, 0.3) is 0 Å². The van der Waals surface area contributed by atoms with E-state index in [2.05, 4.69) is 6.58 Å². The van der Waals surface area contributed by atoms with Crippen LogP contribution in [0.1, 0.15) is 20.3 Å². The van der Waals surface area contributed by atoms with Crippen LogP contribution in [0.3, 0.4) is 0 Å². The molecule has 3 nitrogen and oxygen atoms in total. The van der Waals surface area contributed by atoms with Gasteiger partial charge in [0, 0.05) is 12.0 Å². The molecule has 0 unspecified atom stereocenters. The molecule has 1 rings (SSSR count). The molecule has 0 aromatic carbocycles. The predicted octanol–water partition coefficient (Wildman–Crippen LogP) is 2.36. The second-order valence-electron chi connectivity index (χ2n) is 3.13. The summed E-state index contributed by atoms with van der Waals surface area (Å²) in [7, 11) is 0. The van der Waals surface area contributed by atoms with Gasteiger partial charge in [-0.2, -0.15) is 0 Å². The van der Waals surface area contributed by atoms with Gasteiger partial charge in [0.05, 0.1) is 18.8 Å². The minimum Gasteiger partial charge on any atom is -0.494 e. The lowest BCUT2D eigenvalue weighted by atomic mass is 10.1. The number of hydrogen-bond acceptors (Lipinski definition) is 3. The van der Waals surface area contributed by atoms with Crippen molar-refractivity contribution in [3.05, 3.63) is 35.6 Å². The number of carbonyl (C=O) groups excluding carboxylic acids is 1. The van der Waals surface area contributed by atoms with Gasteiger partial charge in [0.15, 0.2) is 0 Å². The lowest BCUT2D eigenvalue weighted by Gasteiger charge is -2.06. The lowest BCUT2D eigenvalue weighted by molar-refractivity contribution is -0.138. The summed E-state index contributed by atoms with van der Waals surface area (Å²) in [5.74, 6) is 0.272. The minimum atomic E-state index is -0.308. The molecule has 0 aliphatic carbocycles. The van der Waals surface area contributed by atoms with Crippen LogP contribution in [0.5, 0.6) is 0 Å². The van der Waals surface area contributed by atoms with E-state index in [0.717, 1.165) is 12.0 Å². The van der Waals surface area contributed by atoms with Crippen molar-refractivity contribution >= 4 is 5.97 Å². The van der Waals surface area contributed by atoms with Crippen LogP contribution in [0, 0.1) is 0 Å². The topological polar surface area (TPSA) is 35.5 Å². The fraction of sp³-hybridized carbons (Fsp3) is 0.417. The normalized spacial score (nSPS) is 19.2. The van der Waals surface area contributed by atoms with Crippen LogP contribution in [0.2, 0.25) is 0 Å². The number of carbonyl (C=O) groups is 1. The Morgan fingerprint density at radius 1 is 1.67 bits per heavy atom. The van der Waals surface area contributed by atoms with Crippen molar-refractivity contribution in [1.29, 1.82) is 0 Å². The second-order valence-corrected chi connectivity index (χ2v) is 3.13. The monoisotopic (exact) mass is 208 g/mol. The van der Waals surface area contributed by atoms with E-state index >= 15 is 0 Å². The Kier molecular flexibility index (Phi) is 4.16. The summed E-state index contributed by atoms with van der Waals surface area (Å²) < 4.78 is 10.2. The first-order chi connectivity index (χ1) is 7.20. The zero-order valence-electron chi connectivity index (χ0n) is 9.21. The first kappa shape index (κ1) is 11.6. The standard InChI is InChI=1S/C12H16O3/c1-4-6-11(12(13)14-5-2)10-7-8-15-9(10)3/h4,6H,3,5,7-8H2,1-2H3/b6-4-,11-10+. The van der Waals surface area contributed by atoms with Crippen molar-refractivity contribution in [1.82, 2.24) is 0 Å². The van der Waals surface area contributed by atoms with E-state index in [4.69, 9.17) is 9.47 Å². The third kappa shape index (κ3) is 2.72. The lowest BCUT2D eigenvalue weighted by Crippen LogP contribution is -2.08. The summed E-state index contributed by atoms with van der Waals surface area (Å²) in [5, 5.41) is 0. The van der Waals surface area contributed by atoms with E-state index in [0.29, 0.717) is 24.5 Å². The molecule has 1 fully saturated rings. The average Bonchev–Trinajstić information content (AvgIpc) is 2.61. The van der Waals surface area contributed by atoms with Crippen molar-refractivity contribution in [3.63, 3.8) is 0 Å². The molecule has 0 aromatic heterocycles. The van der Waals surface area contributed by atoms with E-state index in [-0.39, 0.29) is 5.97 Å². The van der Waals surface area contributed by atoms with E-state index in [1.54, 1.807) is 13.0 Å². The molecule has 82 valence electrons. The number of allylic oxidation sites excluding steroid dienone is 2. The highest BCUT2D eigenvalue weighted by Gasteiger charge is 2.21. The SMILES string of the molecule is C=C1OCC/C1=C(/C=C\C)C(=O)OCC. The molecule has 0 radical (unpaired) electrons. The summed E-state index contributed by atoms with van der Waals surface area (Å²) in [5.41, 5.74) is 1.41. The minimum absolute atomic E-state index is 0.308. The second kappa shape index (κ2) is 5.39. The maximum absolute atomic E-state index is 11.6. The van der Waals surface area contributed by atoms with Crippen molar-refractivity contribution in [2.24, 2.45) is 0 Å². The van der Waals surface area contributed by atoms with Gasteiger partial charge in [-0.1, -0.05) is 18.7 Å².